The minimum absolute atomic E-state index is 0.0319. The molecule has 2 nitrogen and oxygen atoms in total. The molecule has 1 aliphatic rings. The summed E-state index contributed by atoms with van der Waals surface area (Å²) in [6.45, 7) is 0.640. The number of hydrogen-bond acceptors (Lipinski definition) is 1. The highest BCUT2D eigenvalue weighted by Crippen LogP contribution is 2.19. The van der Waals surface area contributed by atoms with E-state index in [2.05, 4.69) is 0 Å². The van der Waals surface area contributed by atoms with Crippen LogP contribution in [0, 0.1) is 0 Å². The molecule has 1 aliphatic heterocycles. The minimum Gasteiger partial charge on any atom is -0.337 e. The van der Waals surface area contributed by atoms with E-state index in [1.54, 1.807) is 18.0 Å². The van der Waals surface area contributed by atoms with Crippen LogP contribution in [-0.2, 0) is 6.54 Å². The zero-order chi connectivity index (χ0) is 8.72. The SMILES string of the molecule is [2H]c1cccc2c1C(=O)N(C)C2. The molecule has 0 spiro atoms. The number of fused-ring (bicyclic) bond motifs is 1. The van der Waals surface area contributed by atoms with Crippen LogP contribution in [0.4, 0.5) is 0 Å². The summed E-state index contributed by atoms with van der Waals surface area (Å²) in [4.78, 5) is 13.1. The van der Waals surface area contributed by atoms with Gasteiger partial charge in [-0.2, -0.15) is 0 Å². The van der Waals surface area contributed by atoms with Crippen LogP contribution < -0.4 is 0 Å². The van der Waals surface area contributed by atoms with Gasteiger partial charge in [0.05, 0.1) is 1.37 Å². The predicted molar refractivity (Wildman–Crippen MR) is 42.2 cm³/mol. The standard InChI is InChI=1S/C9H9NO/c1-10-6-7-4-2-3-5-8(7)9(10)11/h2-5H,6H2,1H3/i5D. The van der Waals surface area contributed by atoms with Crippen molar-refractivity contribution in [2.24, 2.45) is 0 Å². The third-order valence-corrected chi connectivity index (χ3v) is 1.91. The summed E-state index contributed by atoms with van der Waals surface area (Å²) in [6.07, 6.45) is 0. The van der Waals surface area contributed by atoms with Gasteiger partial charge in [0.1, 0.15) is 0 Å². The molecule has 0 N–H and O–H groups in total. The molecule has 1 aromatic rings. The average molecular weight is 148 g/mol. The molecule has 0 saturated carbocycles. The van der Waals surface area contributed by atoms with Crippen LogP contribution >= 0.6 is 0 Å². The molecular formula is C9H9NO. The lowest BCUT2D eigenvalue weighted by Gasteiger charge is -2.04. The molecule has 1 aromatic carbocycles. The summed E-state index contributed by atoms with van der Waals surface area (Å²) in [5.74, 6) is -0.0319. The lowest BCUT2D eigenvalue weighted by molar-refractivity contribution is 0.0816. The van der Waals surface area contributed by atoms with Gasteiger partial charge in [-0.05, 0) is 11.6 Å². The van der Waals surface area contributed by atoms with Crippen LogP contribution in [0.25, 0.3) is 0 Å². The summed E-state index contributed by atoms with van der Waals surface area (Å²) < 4.78 is 7.52. The van der Waals surface area contributed by atoms with Crippen LogP contribution in [0.15, 0.2) is 24.2 Å². The van der Waals surface area contributed by atoms with Gasteiger partial charge in [-0.3, -0.25) is 4.79 Å². The van der Waals surface area contributed by atoms with Crippen molar-refractivity contribution in [3.05, 3.63) is 35.4 Å². The fourth-order valence-electron chi connectivity index (χ4n) is 1.32. The van der Waals surface area contributed by atoms with Crippen LogP contribution in [0.5, 0.6) is 0 Å². The van der Waals surface area contributed by atoms with Gasteiger partial charge >= 0.3 is 0 Å². The molecule has 2 heteroatoms. The van der Waals surface area contributed by atoms with Gasteiger partial charge in [-0.15, -0.1) is 0 Å². The second-order valence-electron chi connectivity index (χ2n) is 2.73. The first kappa shape index (κ1) is 5.35. The van der Waals surface area contributed by atoms with Crippen LogP contribution in [0.2, 0.25) is 0 Å². The van der Waals surface area contributed by atoms with E-state index in [1.807, 2.05) is 12.1 Å². The van der Waals surface area contributed by atoms with Crippen molar-refractivity contribution in [2.45, 2.75) is 6.54 Å². The fraction of sp³-hybridized carbons (Fsp3) is 0.222. The zero-order valence-corrected chi connectivity index (χ0v) is 6.29. The Morgan fingerprint density at radius 1 is 1.64 bits per heavy atom. The third kappa shape index (κ3) is 0.827. The van der Waals surface area contributed by atoms with Crippen molar-refractivity contribution in [1.82, 2.24) is 4.90 Å². The van der Waals surface area contributed by atoms with E-state index >= 15 is 0 Å². The highest BCUT2D eigenvalue weighted by molar-refractivity contribution is 5.98. The van der Waals surface area contributed by atoms with E-state index in [-0.39, 0.29) is 5.91 Å². The Kier molecular flexibility index (Phi) is 1.02. The fourth-order valence-corrected chi connectivity index (χ4v) is 1.32. The average Bonchev–Trinajstić information content (AvgIpc) is 2.29. The smallest absolute Gasteiger partial charge is 0.254 e. The Bertz CT molecular complexity index is 348. The Morgan fingerprint density at radius 3 is 3.18 bits per heavy atom. The van der Waals surface area contributed by atoms with Gasteiger partial charge in [-0.1, -0.05) is 18.2 Å². The predicted octanol–water partition coefficient (Wildman–Crippen LogP) is 1.27. The van der Waals surface area contributed by atoms with Crippen molar-refractivity contribution < 1.29 is 6.17 Å². The summed E-state index contributed by atoms with van der Waals surface area (Å²) in [5, 5.41) is 0. The highest BCUT2D eigenvalue weighted by Gasteiger charge is 2.22. The molecule has 1 heterocycles. The van der Waals surface area contributed by atoms with Crippen molar-refractivity contribution in [1.29, 1.82) is 0 Å². The Labute approximate surface area is 66.8 Å². The first-order chi connectivity index (χ1) is 5.70. The molecule has 0 saturated heterocycles. The summed E-state index contributed by atoms with van der Waals surface area (Å²) in [5.41, 5.74) is 1.54. The van der Waals surface area contributed by atoms with E-state index in [4.69, 9.17) is 1.37 Å². The number of hydrogen-bond donors (Lipinski definition) is 0. The first-order valence-electron chi connectivity index (χ1n) is 4.04. The van der Waals surface area contributed by atoms with Gasteiger partial charge in [-0.25, -0.2) is 0 Å². The van der Waals surface area contributed by atoms with Gasteiger partial charge in [0, 0.05) is 19.2 Å². The maximum atomic E-state index is 11.4. The topological polar surface area (TPSA) is 20.3 Å². The van der Waals surface area contributed by atoms with Crippen molar-refractivity contribution in [3.8, 4) is 0 Å². The van der Waals surface area contributed by atoms with E-state index in [0.29, 0.717) is 18.2 Å². The molecule has 0 aliphatic carbocycles. The quantitative estimate of drug-likeness (QED) is 0.542. The monoisotopic (exact) mass is 148 g/mol. The first-order valence-corrected chi connectivity index (χ1v) is 3.54. The van der Waals surface area contributed by atoms with Crippen LogP contribution in [-0.4, -0.2) is 17.9 Å². The molecule has 11 heavy (non-hydrogen) atoms. The number of carbonyl (C=O) groups excluding carboxylic acids is 1. The highest BCUT2D eigenvalue weighted by atomic mass is 16.2. The third-order valence-electron chi connectivity index (χ3n) is 1.91. The Balaban J connectivity index is 2.62. The number of nitrogens with zero attached hydrogens (tertiary/aromatic N) is 1. The van der Waals surface area contributed by atoms with Crippen molar-refractivity contribution in [3.63, 3.8) is 0 Å². The molecule has 0 atom stereocenters. The molecule has 0 fully saturated rings. The number of rotatable bonds is 0. The minimum atomic E-state index is -0.0319. The molecule has 0 aromatic heterocycles. The molecule has 56 valence electrons. The molecule has 1 amide bonds. The van der Waals surface area contributed by atoms with Gasteiger partial charge in [0.2, 0.25) is 0 Å². The lowest BCUT2D eigenvalue weighted by atomic mass is 10.1. The van der Waals surface area contributed by atoms with E-state index in [1.165, 1.54) is 0 Å². The van der Waals surface area contributed by atoms with Crippen molar-refractivity contribution >= 4 is 5.91 Å². The normalized spacial score (nSPS) is 16.6. The lowest BCUT2D eigenvalue weighted by Crippen LogP contribution is -2.17. The number of benzene rings is 1. The van der Waals surface area contributed by atoms with Crippen LogP contribution in [0.1, 0.15) is 17.3 Å². The molecule has 2 rings (SSSR count). The molecule has 0 radical (unpaired) electrons. The molecule has 0 unspecified atom stereocenters. The number of amides is 1. The second-order valence-corrected chi connectivity index (χ2v) is 2.73. The Hall–Kier alpha value is -1.31. The maximum absolute atomic E-state index is 11.4. The van der Waals surface area contributed by atoms with Gasteiger partial charge in [0.25, 0.3) is 5.91 Å². The van der Waals surface area contributed by atoms with Gasteiger partial charge < -0.3 is 4.90 Å². The number of carbonyl (C=O) groups is 1. The largest absolute Gasteiger partial charge is 0.337 e. The van der Waals surface area contributed by atoms with E-state index in [9.17, 15) is 4.79 Å². The van der Waals surface area contributed by atoms with E-state index in [0.717, 1.165) is 5.56 Å². The molecular weight excluding hydrogens is 138 g/mol. The van der Waals surface area contributed by atoms with E-state index < -0.39 is 0 Å². The molecule has 0 bridgehead atoms. The van der Waals surface area contributed by atoms with Crippen molar-refractivity contribution in [2.75, 3.05) is 7.05 Å². The summed E-state index contributed by atoms with van der Waals surface area (Å²) >= 11 is 0. The summed E-state index contributed by atoms with van der Waals surface area (Å²) in [6, 6.07) is 5.69. The van der Waals surface area contributed by atoms with Gasteiger partial charge in [0.15, 0.2) is 0 Å². The van der Waals surface area contributed by atoms with Crippen LogP contribution in [0.3, 0.4) is 0 Å². The second kappa shape index (κ2) is 2.09. The Morgan fingerprint density at radius 2 is 2.45 bits per heavy atom. The maximum Gasteiger partial charge on any atom is 0.254 e. The zero-order valence-electron chi connectivity index (χ0n) is 7.29. The summed E-state index contributed by atoms with van der Waals surface area (Å²) in [7, 11) is 1.75.